The van der Waals surface area contributed by atoms with Crippen LogP contribution < -0.4 is 14.8 Å². The van der Waals surface area contributed by atoms with Crippen LogP contribution in [-0.4, -0.2) is 52.2 Å². The summed E-state index contributed by atoms with van der Waals surface area (Å²) in [5, 5.41) is 2.66. The van der Waals surface area contributed by atoms with Crippen molar-refractivity contribution in [3.05, 3.63) is 72.6 Å². The second-order valence-electron chi connectivity index (χ2n) is 7.80. The number of rotatable bonds is 8. The van der Waals surface area contributed by atoms with Crippen molar-refractivity contribution in [2.45, 2.75) is 22.6 Å². The Balaban J connectivity index is 1.53. The first-order chi connectivity index (χ1) is 16.7. The molecular weight excluding hydrogens is 492 g/mol. The van der Waals surface area contributed by atoms with Gasteiger partial charge in [0, 0.05) is 25.0 Å². The van der Waals surface area contributed by atoms with E-state index in [0.717, 1.165) is 12.8 Å². The summed E-state index contributed by atoms with van der Waals surface area (Å²) in [6.07, 6.45) is 4.51. The molecule has 1 aromatic heterocycles. The minimum atomic E-state index is -3.85. The molecule has 1 aliphatic rings. The van der Waals surface area contributed by atoms with E-state index in [0.29, 0.717) is 24.5 Å². The third kappa shape index (κ3) is 5.45. The summed E-state index contributed by atoms with van der Waals surface area (Å²) < 4.78 is 60.1. The summed E-state index contributed by atoms with van der Waals surface area (Å²) in [6, 6.07) is 12.9. The van der Waals surface area contributed by atoms with Crippen LogP contribution in [0.2, 0.25) is 0 Å². The molecule has 1 saturated heterocycles. The van der Waals surface area contributed by atoms with Gasteiger partial charge >= 0.3 is 0 Å². The second-order valence-corrected chi connectivity index (χ2v) is 11.4. The van der Waals surface area contributed by atoms with E-state index in [1.807, 2.05) is 0 Å². The van der Waals surface area contributed by atoms with E-state index in [-0.39, 0.29) is 21.1 Å². The number of ether oxygens (including phenoxy) is 1. The number of benzene rings is 2. The molecule has 1 fully saturated rings. The summed E-state index contributed by atoms with van der Waals surface area (Å²) in [7, 11) is -6.18. The van der Waals surface area contributed by atoms with Crippen molar-refractivity contribution < 1.29 is 26.4 Å². The van der Waals surface area contributed by atoms with Crippen LogP contribution in [0, 0.1) is 0 Å². The Morgan fingerprint density at radius 1 is 0.943 bits per heavy atom. The van der Waals surface area contributed by atoms with Crippen molar-refractivity contribution in [2.75, 3.05) is 30.2 Å². The van der Waals surface area contributed by atoms with Gasteiger partial charge in [-0.1, -0.05) is 0 Å². The molecular formula is C23H24N4O6S2. The van der Waals surface area contributed by atoms with E-state index in [1.54, 1.807) is 12.1 Å². The van der Waals surface area contributed by atoms with Gasteiger partial charge in [0.25, 0.3) is 15.9 Å². The number of hydrogen-bond acceptors (Lipinski definition) is 7. The maximum atomic E-state index is 13.0. The molecule has 35 heavy (non-hydrogen) atoms. The molecule has 10 nitrogen and oxygen atoms in total. The number of pyridine rings is 1. The van der Waals surface area contributed by atoms with Gasteiger partial charge in [-0.05, 0) is 67.4 Å². The Bertz CT molecular complexity index is 1420. The molecule has 0 unspecified atom stereocenters. The Labute approximate surface area is 204 Å². The van der Waals surface area contributed by atoms with Gasteiger partial charge in [-0.3, -0.25) is 14.5 Å². The van der Waals surface area contributed by atoms with Crippen molar-refractivity contribution in [3.8, 4) is 5.75 Å². The second kappa shape index (κ2) is 10.0. The minimum Gasteiger partial charge on any atom is -0.496 e. The molecule has 12 heteroatoms. The Morgan fingerprint density at radius 3 is 2.26 bits per heavy atom. The first-order valence-electron chi connectivity index (χ1n) is 10.7. The average molecular weight is 517 g/mol. The molecule has 184 valence electrons. The summed E-state index contributed by atoms with van der Waals surface area (Å²) in [5.41, 5.74) is 0.689. The van der Waals surface area contributed by atoms with Gasteiger partial charge in [0.1, 0.15) is 5.75 Å². The highest BCUT2D eigenvalue weighted by atomic mass is 32.2. The smallest absolute Gasteiger partial charge is 0.261 e. The lowest BCUT2D eigenvalue weighted by atomic mass is 10.2. The van der Waals surface area contributed by atoms with E-state index < -0.39 is 26.0 Å². The maximum Gasteiger partial charge on any atom is 0.261 e. The molecule has 1 aliphatic heterocycles. The number of aromatic nitrogens is 1. The van der Waals surface area contributed by atoms with Gasteiger partial charge in [0.05, 0.1) is 34.3 Å². The van der Waals surface area contributed by atoms with E-state index in [2.05, 4.69) is 15.0 Å². The number of sulfonamides is 2. The molecule has 0 radical (unpaired) electrons. The van der Waals surface area contributed by atoms with Crippen molar-refractivity contribution in [1.29, 1.82) is 0 Å². The number of methoxy groups -OCH3 is 1. The topological polar surface area (TPSA) is 135 Å². The zero-order valence-electron chi connectivity index (χ0n) is 18.8. The summed E-state index contributed by atoms with van der Waals surface area (Å²) >= 11 is 0. The molecule has 0 atom stereocenters. The standard InChI is InChI=1S/C23H24N4O6S2/c1-33-22-11-10-20(35(31,32)27-13-2-3-14-27)15-21(22)23(28)25-17-6-8-19(9-7-17)34(29,30)26-18-5-4-12-24-16-18/h4-12,15-16,26H,2-3,13-14H2,1H3,(H,25,28). The number of nitrogens with zero attached hydrogens (tertiary/aromatic N) is 2. The van der Waals surface area contributed by atoms with Crippen LogP contribution in [0.5, 0.6) is 5.75 Å². The highest BCUT2D eigenvalue weighted by molar-refractivity contribution is 7.92. The normalized spacial score (nSPS) is 14.4. The summed E-state index contributed by atoms with van der Waals surface area (Å²) in [4.78, 5) is 16.9. The van der Waals surface area contributed by atoms with Crippen LogP contribution in [0.25, 0.3) is 0 Å². The van der Waals surface area contributed by atoms with Crippen molar-refractivity contribution in [2.24, 2.45) is 0 Å². The Morgan fingerprint density at radius 2 is 1.63 bits per heavy atom. The highest BCUT2D eigenvalue weighted by Crippen LogP contribution is 2.27. The molecule has 2 heterocycles. The quantitative estimate of drug-likeness (QED) is 0.470. The van der Waals surface area contributed by atoms with Crippen LogP contribution in [0.1, 0.15) is 23.2 Å². The van der Waals surface area contributed by atoms with Gasteiger partial charge in [0.2, 0.25) is 10.0 Å². The lowest BCUT2D eigenvalue weighted by molar-refractivity contribution is 0.102. The molecule has 0 bridgehead atoms. The molecule has 2 aromatic carbocycles. The predicted octanol–water partition coefficient (Wildman–Crippen LogP) is 2.93. The van der Waals surface area contributed by atoms with Crippen molar-refractivity contribution >= 4 is 37.3 Å². The van der Waals surface area contributed by atoms with Crippen molar-refractivity contribution in [1.82, 2.24) is 9.29 Å². The van der Waals surface area contributed by atoms with E-state index in [9.17, 15) is 21.6 Å². The van der Waals surface area contributed by atoms with Crippen molar-refractivity contribution in [3.63, 3.8) is 0 Å². The monoisotopic (exact) mass is 516 g/mol. The van der Waals surface area contributed by atoms with Gasteiger partial charge in [0.15, 0.2) is 0 Å². The Hall–Kier alpha value is -3.48. The molecule has 1 amide bonds. The van der Waals surface area contributed by atoms with E-state index in [4.69, 9.17) is 4.74 Å². The number of carbonyl (C=O) groups is 1. The SMILES string of the molecule is COc1ccc(S(=O)(=O)N2CCCC2)cc1C(=O)Nc1ccc(S(=O)(=O)Nc2cccnc2)cc1. The highest BCUT2D eigenvalue weighted by Gasteiger charge is 2.28. The lowest BCUT2D eigenvalue weighted by Crippen LogP contribution is -2.28. The largest absolute Gasteiger partial charge is 0.496 e. The third-order valence-electron chi connectivity index (χ3n) is 5.45. The number of nitrogens with one attached hydrogen (secondary N) is 2. The van der Waals surface area contributed by atoms with Gasteiger partial charge in [-0.15, -0.1) is 0 Å². The minimum absolute atomic E-state index is 0.00404. The number of carbonyl (C=O) groups excluding carboxylic acids is 1. The van der Waals surface area contributed by atoms with Gasteiger partial charge < -0.3 is 10.1 Å². The van der Waals surface area contributed by atoms with Crippen LogP contribution in [0.15, 0.2) is 76.8 Å². The molecule has 0 saturated carbocycles. The third-order valence-corrected chi connectivity index (χ3v) is 8.75. The molecule has 0 aliphatic carbocycles. The summed E-state index contributed by atoms with van der Waals surface area (Å²) in [5.74, 6) is -0.382. The Kier molecular flexibility index (Phi) is 7.05. The lowest BCUT2D eigenvalue weighted by Gasteiger charge is -2.17. The summed E-state index contributed by atoms with van der Waals surface area (Å²) in [6.45, 7) is 0.890. The fourth-order valence-corrected chi connectivity index (χ4v) is 6.24. The molecule has 0 spiro atoms. The van der Waals surface area contributed by atoms with E-state index >= 15 is 0 Å². The molecule has 4 rings (SSSR count). The average Bonchev–Trinajstić information content (AvgIpc) is 3.40. The zero-order chi connectivity index (χ0) is 25.1. The fraction of sp³-hybridized carbons (Fsp3) is 0.217. The van der Waals surface area contributed by atoms with Crippen LogP contribution >= 0.6 is 0 Å². The van der Waals surface area contributed by atoms with Crippen LogP contribution in [0.3, 0.4) is 0 Å². The fourth-order valence-electron chi connectivity index (χ4n) is 3.66. The number of hydrogen-bond donors (Lipinski definition) is 2. The van der Waals surface area contributed by atoms with E-state index in [1.165, 1.54) is 66.3 Å². The number of anilines is 2. The number of amides is 1. The maximum absolute atomic E-state index is 13.0. The predicted molar refractivity (Wildman–Crippen MR) is 130 cm³/mol. The van der Waals surface area contributed by atoms with Crippen LogP contribution in [0.4, 0.5) is 11.4 Å². The molecule has 3 aromatic rings. The zero-order valence-corrected chi connectivity index (χ0v) is 20.5. The first-order valence-corrected chi connectivity index (χ1v) is 13.7. The van der Waals surface area contributed by atoms with Gasteiger partial charge in [-0.2, -0.15) is 4.31 Å². The first kappa shape index (κ1) is 24.6. The molecule has 2 N–H and O–H groups in total. The van der Waals surface area contributed by atoms with Crippen LogP contribution in [-0.2, 0) is 20.0 Å². The van der Waals surface area contributed by atoms with Gasteiger partial charge in [-0.25, -0.2) is 16.8 Å².